The molecule has 0 unspecified atom stereocenters. The minimum atomic E-state index is -0.764. The van der Waals surface area contributed by atoms with Crippen LogP contribution in [0.1, 0.15) is 77.8 Å². The van der Waals surface area contributed by atoms with Crippen molar-refractivity contribution in [2.24, 2.45) is 0 Å². The Kier molecular flexibility index (Phi) is 8.14. The first-order valence-electron chi connectivity index (χ1n) is 10.9. The summed E-state index contributed by atoms with van der Waals surface area (Å²) in [6.45, 7) is 12.2. The fourth-order valence-electron chi connectivity index (χ4n) is 3.64. The average molecular weight is 411 g/mol. The van der Waals surface area contributed by atoms with Crippen LogP contribution < -0.4 is 4.74 Å². The second-order valence-corrected chi connectivity index (χ2v) is 9.30. The monoisotopic (exact) mass is 410 g/mol. The Hall–Kier alpha value is -2.26. The standard InChI is InChI=1S/C27H38O3/c1-20(2)10-7-14-26(5,29)15-8-11-21(3)12-9-16-27(6)17-13-23-19-24(28)18-22(4)25(23)30-27/h8,10,12-13,15,17-19,28-29H,7,9,11,14,16H2,1-6H3/b15-8+,21-12+/t26-,27-/m0/s1. The molecule has 164 valence electrons. The van der Waals surface area contributed by atoms with Gasteiger partial charge in [0.05, 0.1) is 5.60 Å². The van der Waals surface area contributed by atoms with Gasteiger partial charge in [0, 0.05) is 5.56 Å². The van der Waals surface area contributed by atoms with Crippen LogP contribution in [0.4, 0.5) is 0 Å². The minimum absolute atomic E-state index is 0.269. The SMILES string of the molecule is CC(C)=CCC[C@](C)(O)/C=C/C/C(C)=C/CC[C@@]1(C)C=Cc2cc(O)cc(C)c2O1. The predicted molar refractivity (Wildman–Crippen MR) is 127 cm³/mol. The van der Waals surface area contributed by atoms with Gasteiger partial charge in [0.15, 0.2) is 0 Å². The largest absolute Gasteiger partial charge is 0.508 e. The lowest BCUT2D eigenvalue weighted by molar-refractivity contribution is 0.103. The van der Waals surface area contributed by atoms with Crippen LogP contribution in [0.5, 0.6) is 11.5 Å². The normalized spacial score (nSPS) is 20.6. The highest BCUT2D eigenvalue weighted by Gasteiger charge is 2.27. The quantitative estimate of drug-likeness (QED) is 0.429. The van der Waals surface area contributed by atoms with Gasteiger partial charge in [-0.1, -0.05) is 41.5 Å². The summed E-state index contributed by atoms with van der Waals surface area (Å²) in [6, 6.07) is 3.48. The van der Waals surface area contributed by atoms with Crippen LogP contribution in [0.15, 0.2) is 53.7 Å². The third-order valence-electron chi connectivity index (χ3n) is 5.49. The van der Waals surface area contributed by atoms with E-state index in [1.807, 2.05) is 26.0 Å². The number of phenolic OH excluding ortho intramolecular Hbond substituents is 1. The molecule has 1 aromatic rings. The first kappa shape index (κ1) is 24.0. The molecular formula is C27H38O3. The van der Waals surface area contributed by atoms with E-state index < -0.39 is 5.60 Å². The molecule has 0 saturated carbocycles. The van der Waals surface area contributed by atoms with Crippen molar-refractivity contribution in [3.8, 4) is 11.5 Å². The molecule has 2 rings (SSSR count). The number of hydrogen-bond acceptors (Lipinski definition) is 3. The zero-order valence-corrected chi connectivity index (χ0v) is 19.5. The Morgan fingerprint density at radius 2 is 1.90 bits per heavy atom. The summed E-state index contributed by atoms with van der Waals surface area (Å²) in [5, 5.41) is 20.2. The van der Waals surface area contributed by atoms with Gasteiger partial charge in [0.1, 0.15) is 17.1 Å². The third-order valence-corrected chi connectivity index (χ3v) is 5.49. The van der Waals surface area contributed by atoms with Crippen molar-refractivity contribution in [1.29, 1.82) is 0 Å². The van der Waals surface area contributed by atoms with Crippen molar-refractivity contribution in [1.82, 2.24) is 0 Å². The summed E-state index contributed by atoms with van der Waals surface area (Å²) in [7, 11) is 0. The Morgan fingerprint density at radius 1 is 1.17 bits per heavy atom. The van der Waals surface area contributed by atoms with E-state index >= 15 is 0 Å². The Balaban J connectivity index is 1.86. The number of phenols is 1. The number of aliphatic hydroxyl groups is 1. The first-order valence-corrected chi connectivity index (χ1v) is 10.9. The van der Waals surface area contributed by atoms with Crippen molar-refractivity contribution in [3.63, 3.8) is 0 Å². The number of benzene rings is 1. The van der Waals surface area contributed by atoms with Crippen molar-refractivity contribution in [3.05, 3.63) is 64.8 Å². The van der Waals surface area contributed by atoms with E-state index in [9.17, 15) is 10.2 Å². The molecule has 0 saturated heterocycles. The lowest BCUT2D eigenvalue weighted by Gasteiger charge is -2.32. The highest BCUT2D eigenvalue weighted by Crippen LogP contribution is 2.38. The highest BCUT2D eigenvalue weighted by atomic mass is 16.5. The molecule has 3 nitrogen and oxygen atoms in total. The maximum atomic E-state index is 10.5. The molecule has 0 fully saturated rings. The van der Waals surface area contributed by atoms with Crippen molar-refractivity contribution in [2.45, 2.75) is 84.8 Å². The lowest BCUT2D eigenvalue weighted by Crippen LogP contribution is -2.32. The molecule has 0 bridgehead atoms. The van der Waals surface area contributed by atoms with E-state index in [0.717, 1.165) is 49.0 Å². The molecule has 0 spiro atoms. The molecule has 0 aromatic heterocycles. The van der Waals surface area contributed by atoms with Crippen molar-refractivity contribution in [2.75, 3.05) is 0 Å². The highest BCUT2D eigenvalue weighted by molar-refractivity contribution is 5.65. The second-order valence-electron chi connectivity index (χ2n) is 9.30. The third kappa shape index (κ3) is 7.53. The number of fused-ring (bicyclic) bond motifs is 1. The lowest BCUT2D eigenvalue weighted by atomic mass is 9.93. The van der Waals surface area contributed by atoms with Gasteiger partial charge < -0.3 is 14.9 Å². The fourth-order valence-corrected chi connectivity index (χ4v) is 3.64. The smallest absolute Gasteiger partial charge is 0.131 e. The topological polar surface area (TPSA) is 49.7 Å². The molecule has 0 radical (unpaired) electrons. The van der Waals surface area contributed by atoms with Crippen LogP contribution >= 0.6 is 0 Å². The number of aromatic hydroxyl groups is 1. The molecule has 0 amide bonds. The maximum Gasteiger partial charge on any atom is 0.131 e. The van der Waals surface area contributed by atoms with Crippen LogP contribution in [0.2, 0.25) is 0 Å². The van der Waals surface area contributed by atoms with Crippen LogP contribution in [-0.4, -0.2) is 21.4 Å². The van der Waals surface area contributed by atoms with E-state index in [1.165, 1.54) is 11.1 Å². The van der Waals surface area contributed by atoms with Gasteiger partial charge in [-0.2, -0.15) is 0 Å². The van der Waals surface area contributed by atoms with Gasteiger partial charge in [-0.3, -0.25) is 0 Å². The summed E-state index contributed by atoms with van der Waals surface area (Å²) in [6.07, 6.45) is 16.8. The van der Waals surface area contributed by atoms with E-state index in [4.69, 9.17) is 4.74 Å². The summed E-state index contributed by atoms with van der Waals surface area (Å²) in [4.78, 5) is 0. The van der Waals surface area contributed by atoms with E-state index in [2.05, 4.69) is 52.0 Å². The molecule has 30 heavy (non-hydrogen) atoms. The molecule has 1 heterocycles. The molecule has 2 atom stereocenters. The number of aryl methyl sites for hydroxylation is 1. The van der Waals surface area contributed by atoms with Crippen LogP contribution in [0, 0.1) is 6.92 Å². The number of rotatable bonds is 9. The molecule has 1 aromatic carbocycles. The maximum absolute atomic E-state index is 10.5. The molecule has 3 heteroatoms. The van der Waals surface area contributed by atoms with Gasteiger partial charge in [0.25, 0.3) is 0 Å². The number of hydrogen-bond donors (Lipinski definition) is 2. The molecule has 1 aliphatic heterocycles. The van der Waals surface area contributed by atoms with E-state index in [-0.39, 0.29) is 11.4 Å². The molecular weight excluding hydrogens is 372 g/mol. The second kappa shape index (κ2) is 10.2. The Bertz CT molecular complexity index is 851. The van der Waals surface area contributed by atoms with Crippen LogP contribution in [-0.2, 0) is 0 Å². The fraction of sp³-hybridized carbons (Fsp3) is 0.481. The Morgan fingerprint density at radius 3 is 2.60 bits per heavy atom. The predicted octanol–water partition coefficient (Wildman–Crippen LogP) is 7.04. The Labute approximate surface area is 182 Å². The van der Waals surface area contributed by atoms with Gasteiger partial charge in [0.2, 0.25) is 0 Å². The zero-order chi connectivity index (χ0) is 22.4. The van der Waals surface area contributed by atoms with Gasteiger partial charge in [-0.15, -0.1) is 0 Å². The average Bonchev–Trinajstić information content (AvgIpc) is 2.62. The van der Waals surface area contributed by atoms with E-state index in [0.29, 0.717) is 0 Å². The number of allylic oxidation sites excluding steroid dienone is 5. The van der Waals surface area contributed by atoms with E-state index in [1.54, 1.807) is 12.1 Å². The molecule has 2 N–H and O–H groups in total. The summed E-state index contributed by atoms with van der Waals surface area (Å²) in [5.41, 5.74) is 3.34. The van der Waals surface area contributed by atoms with Gasteiger partial charge in [-0.05, 0) is 97.4 Å². The number of ether oxygens (including phenoxy) is 1. The summed E-state index contributed by atoms with van der Waals surface area (Å²) >= 11 is 0. The minimum Gasteiger partial charge on any atom is -0.508 e. The molecule has 0 aliphatic carbocycles. The van der Waals surface area contributed by atoms with Crippen molar-refractivity contribution < 1.29 is 14.9 Å². The first-order chi connectivity index (χ1) is 14.0. The summed E-state index contributed by atoms with van der Waals surface area (Å²) < 4.78 is 6.29. The summed E-state index contributed by atoms with van der Waals surface area (Å²) in [5.74, 6) is 1.13. The zero-order valence-electron chi connectivity index (χ0n) is 19.5. The van der Waals surface area contributed by atoms with Crippen LogP contribution in [0.3, 0.4) is 0 Å². The van der Waals surface area contributed by atoms with Gasteiger partial charge in [-0.25, -0.2) is 0 Å². The van der Waals surface area contributed by atoms with Crippen LogP contribution in [0.25, 0.3) is 6.08 Å². The molecule has 1 aliphatic rings. The van der Waals surface area contributed by atoms with Gasteiger partial charge >= 0.3 is 0 Å². The van der Waals surface area contributed by atoms with Crippen molar-refractivity contribution >= 4 is 6.08 Å².